The number of hydrazone groups is 1. The number of carbonyl (C=O) groups is 1. The van der Waals surface area contributed by atoms with Gasteiger partial charge in [-0.1, -0.05) is 35.3 Å². The molecule has 25 heavy (non-hydrogen) atoms. The van der Waals surface area contributed by atoms with Crippen molar-refractivity contribution in [2.75, 3.05) is 6.61 Å². The van der Waals surface area contributed by atoms with E-state index >= 15 is 0 Å². The third kappa shape index (κ3) is 6.46. The Bertz CT molecular complexity index is 799. The number of hydrogen-bond acceptors (Lipinski definition) is 4. The summed E-state index contributed by atoms with van der Waals surface area (Å²) in [4.78, 5) is 11.7. The van der Waals surface area contributed by atoms with Crippen LogP contribution in [-0.4, -0.2) is 18.7 Å². The first kappa shape index (κ1) is 18.8. The van der Waals surface area contributed by atoms with E-state index in [0.29, 0.717) is 34.4 Å². The third-order valence-electron chi connectivity index (χ3n) is 3.14. The quantitative estimate of drug-likeness (QED) is 0.448. The molecule has 7 heteroatoms. The van der Waals surface area contributed by atoms with Crippen LogP contribution in [0.5, 0.6) is 5.75 Å². The predicted molar refractivity (Wildman–Crippen MR) is 98.1 cm³/mol. The van der Waals surface area contributed by atoms with Crippen molar-refractivity contribution in [1.29, 1.82) is 5.26 Å². The van der Waals surface area contributed by atoms with Crippen molar-refractivity contribution in [2.24, 2.45) is 5.10 Å². The van der Waals surface area contributed by atoms with Crippen molar-refractivity contribution < 1.29 is 9.53 Å². The molecule has 1 amide bonds. The average Bonchev–Trinajstić information content (AvgIpc) is 2.61. The zero-order chi connectivity index (χ0) is 18.1. The second-order valence-electron chi connectivity index (χ2n) is 5.05. The number of benzene rings is 2. The molecule has 128 valence electrons. The fourth-order valence-corrected chi connectivity index (χ4v) is 2.35. The van der Waals surface area contributed by atoms with E-state index in [1.807, 2.05) is 6.07 Å². The first-order valence-corrected chi connectivity index (χ1v) is 8.24. The lowest BCUT2D eigenvalue weighted by atomic mass is 10.2. The molecule has 0 aromatic heterocycles. The molecular formula is C18H15Cl2N3O2. The zero-order valence-electron chi connectivity index (χ0n) is 13.2. The van der Waals surface area contributed by atoms with Crippen LogP contribution in [0.15, 0.2) is 47.6 Å². The van der Waals surface area contributed by atoms with E-state index in [1.165, 1.54) is 6.21 Å². The summed E-state index contributed by atoms with van der Waals surface area (Å²) in [6, 6.07) is 13.9. The Hall–Kier alpha value is -2.55. The van der Waals surface area contributed by atoms with Gasteiger partial charge in [-0.2, -0.15) is 10.4 Å². The van der Waals surface area contributed by atoms with E-state index in [9.17, 15) is 4.79 Å². The first-order valence-electron chi connectivity index (χ1n) is 7.48. The lowest BCUT2D eigenvalue weighted by Gasteiger charge is -2.07. The summed E-state index contributed by atoms with van der Waals surface area (Å²) in [6.45, 7) is 0.355. The van der Waals surface area contributed by atoms with Crippen molar-refractivity contribution in [3.05, 3.63) is 63.6 Å². The molecule has 0 radical (unpaired) electrons. The molecular weight excluding hydrogens is 361 g/mol. The average molecular weight is 376 g/mol. The lowest BCUT2D eigenvalue weighted by molar-refractivity contribution is -0.121. The summed E-state index contributed by atoms with van der Waals surface area (Å²) < 4.78 is 5.50. The molecule has 0 aliphatic carbocycles. The molecule has 0 heterocycles. The van der Waals surface area contributed by atoms with Gasteiger partial charge in [0.05, 0.1) is 29.5 Å². The van der Waals surface area contributed by atoms with Crippen LogP contribution in [0.4, 0.5) is 0 Å². The highest BCUT2D eigenvalue weighted by Gasteiger charge is 2.04. The number of carbonyl (C=O) groups excluding carboxylic acids is 1. The maximum Gasteiger partial charge on any atom is 0.240 e. The van der Waals surface area contributed by atoms with Crippen molar-refractivity contribution in [3.63, 3.8) is 0 Å². The standard InChI is InChI=1S/C18H15Cl2N3O2/c19-15-7-8-17(16(20)10-15)25-9-1-2-18(24)23-22-12-14-5-3-13(11-21)4-6-14/h3-8,10,12H,1-2,9H2,(H,23,24)/b22-12-. The molecule has 0 fully saturated rings. The van der Waals surface area contributed by atoms with E-state index in [-0.39, 0.29) is 12.3 Å². The molecule has 0 saturated heterocycles. The SMILES string of the molecule is N#Cc1ccc(/C=N\NC(=O)CCCOc2ccc(Cl)cc2Cl)cc1. The van der Waals surface area contributed by atoms with E-state index in [4.69, 9.17) is 33.2 Å². The van der Waals surface area contributed by atoms with Gasteiger partial charge in [-0.25, -0.2) is 5.43 Å². The van der Waals surface area contributed by atoms with Gasteiger partial charge in [-0.15, -0.1) is 0 Å². The predicted octanol–water partition coefficient (Wildman–Crippen LogP) is 4.17. The minimum atomic E-state index is -0.212. The fourth-order valence-electron chi connectivity index (χ4n) is 1.89. The summed E-state index contributed by atoms with van der Waals surface area (Å²) in [5.74, 6) is 0.320. The Balaban J connectivity index is 1.68. The van der Waals surface area contributed by atoms with Crippen LogP contribution in [-0.2, 0) is 4.79 Å². The molecule has 0 spiro atoms. The van der Waals surface area contributed by atoms with Crippen molar-refractivity contribution in [1.82, 2.24) is 5.43 Å². The number of nitriles is 1. The van der Waals surface area contributed by atoms with Crippen LogP contribution >= 0.6 is 23.2 Å². The second-order valence-corrected chi connectivity index (χ2v) is 5.90. The number of nitrogens with one attached hydrogen (secondary N) is 1. The number of hydrogen-bond donors (Lipinski definition) is 1. The fraction of sp³-hybridized carbons (Fsp3) is 0.167. The van der Waals surface area contributed by atoms with E-state index in [2.05, 4.69) is 10.5 Å². The molecule has 0 atom stereocenters. The van der Waals surface area contributed by atoms with Crippen LogP contribution in [0.3, 0.4) is 0 Å². The number of halogens is 2. The second kappa shape index (κ2) is 9.67. The highest BCUT2D eigenvalue weighted by molar-refractivity contribution is 6.35. The third-order valence-corrected chi connectivity index (χ3v) is 3.67. The Labute approximate surface area is 155 Å². The van der Waals surface area contributed by atoms with Gasteiger partial charge in [0.25, 0.3) is 0 Å². The van der Waals surface area contributed by atoms with Gasteiger partial charge in [0, 0.05) is 11.4 Å². The lowest BCUT2D eigenvalue weighted by Crippen LogP contribution is -2.18. The summed E-state index contributed by atoms with van der Waals surface area (Å²) in [6.07, 6.45) is 2.32. The maximum atomic E-state index is 11.7. The van der Waals surface area contributed by atoms with Gasteiger partial charge < -0.3 is 4.74 Å². The summed E-state index contributed by atoms with van der Waals surface area (Å²) in [7, 11) is 0. The van der Waals surface area contributed by atoms with Crippen LogP contribution in [0, 0.1) is 11.3 Å². The summed E-state index contributed by atoms with van der Waals surface area (Å²) in [5.41, 5.74) is 3.81. The van der Waals surface area contributed by atoms with Crippen LogP contribution < -0.4 is 10.2 Å². The first-order chi connectivity index (χ1) is 12.1. The minimum absolute atomic E-state index is 0.212. The molecule has 2 aromatic rings. The van der Waals surface area contributed by atoms with E-state index < -0.39 is 0 Å². The largest absolute Gasteiger partial charge is 0.492 e. The molecule has 0 aliphatic heterocycles. The Morgan fingerprint density at radius 1 is 1.24 bits per heavy atom. The van der Waals surface area contributed by atoms with Crippen LogP contribution in [0.2, 0.25) is 10.0 Å². The van der Waals surface area contributed by atoms with E-state index in [1.54, 1.807) is 42.5 Å². The number of rotatable bonds is 7. The number of amides is 1. The number of ether oxygens (including phenoxy) is 1. The molecule has 0 bridgehead atoms. The summed E-state index contributed by atoms with van der Waals surface area (Å²) >= 11 is 11.8. The van der Waals surface area contributed by atoms with Gasteiger partial charge in [-0.3, -0.25) is 4.79 Å². The Morgan fingerprint density at radius 3 is 2.68 bits per heavy atom. The van der Waals surface area contributed by atoms with Gasteiger partial charge in [-0.05, 0) is 42.3 Å². The van der Waals surface area contributed by atoms with Gasteiger partial charge in [0.1, 0.15) is 5.75 Å². The Morgan fingerprint density at radius 2 is 2.00 bits per heavy atom. The van der Waals surface area contributed by atoms with Crippen molar-refractivity contribution >= 4 is 35.3 Å². The molecule has 2 rings (SSSR count). The smallest absolute Gasteiger partial charge is 0.240 e. The van der Waals surface area contributed by atoms with Gasteiger partial charge >= 0.3 is 0 Å². The Kier molecular flexibility index (Phi) is 7.27. The van der Waals surface area contributed by atoms with Gasteiger partial charge in [0.2, 0.25) is 5.91 Å². The molecule has 2 aromatic carbocycles. The molecule has 0 aliphatic rings. The van der Waals surface area contributed by atoms with Crippen molar-refractivity contribution in [2.45, 2.75) is 12.8 Å². The minimum Gasteiger partial charge on any atom is -0.492 e. The van der Waals surface area contributed by atoms with Gasteiger partial charge in [0.15, 0.2) is 0 Å². The molecule has 0 unspecified atom stereocenters. The normalized spacial score (nSPS) is 10.4. The topological polar surface area (TPSA) is 74.5 Å². The van der Waals surface area contributed by atoms with Crippen molar-refractivity contribution in [3.8, 4) is 11.8 Å². The van der Waals surface area contributed by atoms with Crippen LogP contribution in [0.1, 0.15) is 24.0 Å². The van der Waals surface area contributed by atoms with E-state index in [0.717, 1.165) is 5.56 Å². The molecule has 0 saturated carbocycles. The summed E-state index contributed by atoms with van der Waals surface area (Å²) in [5, 5.41) is 13.6. The maximum absolute atomic E-state index is 11.7. The zero-order valence-corrected chi connectivity index (χ0v) is 14.7. The van der Waals surface area contributed by atoms with Crippen LogP contribution in [0.25, 0.3) is 0 Å². The highest BCUT2D eigenvalue weighted by atomic mass is 35.5. The molecule has 1 N–H and O–H groups in total. The highest BCUT2D eigenvalue weighted by Crippen LogP contribution is 2.27. The molecule has 5 nitrogen and oxygen atoms in total. The number of nitrogens with zero attached hydrogens (tertiary/aromatic N) is 2. The monoisotopic (exact) mass is 375 g/mol.